The van der Waals surface area contributed by atoms with E-state index in [0.29, 0.717) is 18.9 Å². The van der Waals surface area contributed by atoms with Crippen molar-refractivity contribution < 1.29 is 27.1 Å². The highest BCUT2D eigenvalue weighted by molar-refractivity contribution is 5.90. The number of halogens is 4. The second-order valence-corrected chi connectivity index (χ2v) is 7.57. The number of rotatable bonds is 14. The molecule has 1 aromatic rings. The van der Waals surface area contributed by atoms with Crippen molar-refractivity contribution in [3.05, 3.63) is 35.1 Å². The molecule has 2 nitrogen and oxygen atoms in total. The van der Waals surface area contributed by atoms with Gasteiger partial charge >= 0.3 is 12.1 Å². The first kappa shape index (κ1) is 25.4. The minimum Gasteiger partial charge on any atom is -0.459 e. The van der Waals surface area contributed by atoms with Crippen LogP contribution in [0.2, 0.25) is 0 Å². The third kappa shape index (κ3) is 9.64. The Morgan fingerprint density at radius 1 is 0.931 bits per heavy atom. The maximum atomic E-state index is 14.1. The maximum Gasteiger partial charge on any atom is 0.419 e. The molecule has 0 spiro atoms. The van der Waals surface area contributed by atoms with E-state index in [1.807, 2.05) is 6.92 Å². The van der Waals surface area contributed by atoms with E-state index in [0.717, 1.165) is 31.4 Å². The van der Waals surface area contributed by atoms with Gasteiger partial charge in [0.2, 0.25) is 0 Å². The molecule has 0 radical (unpaired) electrons. The first-order chi connectivity index (χ1) is 13.8. The molecule has 0 aromatic heterocycles. The zero-order valence-corrected chi connectivity index (χ0v) is 17.6. The highest BCUT2D eigenvalue weighted by atomic mass is 19.4. The molecule has 29 heavy (non-hydrogen) atoms. The summed E-state index contributed by atoms with van der Waals surface area (Å²) in [6.07, 6.45) is 7.84. The van der Waals surface area contributed by atoms with Crippen LogP contribution in [-0.4, -0.2) is 12.1 Å². The first-order valence-electron chi connectivity index (χ1n) is 10.9. The summed E-state index contributed by atoms with van der Waals surface area (Å²) in [5.41, 5.74) is -2.11. The Hall–Kier alpha value is -1.59. The second-order valence-electron chi connectivity index (χ2n) is 7.57. The molecule has 0 aliphatic carbocycles. The largest absolute Gasteiger partial charge is 0.459 e. The lowest BCUT2D eigenvalue weighted by Gasteiger charge is -2.17. The van der Waals surface area contributed by atoms with Crippen molar-refractivity contribution in [2.24, 2.45) is 0 Å². The molecule has 1 rings (SSSR count). The summed E-state index contributed by atoms with van der Waals surface area (Å²) in [6, 6.07) is 2.67. The fourth-order valence-electron chi connectivity index (χ4n) is 3.33. The number of esters is 1. The number of alkyl halides is 3. The number of benzene rings is 1. The van der Waals surface area contributed by atoms with Crippen LogP contribution < -0.4 is 0 Å². The van der Waals surface area contributed by atoms with Gasteiger partial charge in [-0.15, -0.1) is 0 Å². The van der Waals surface area contributed by atoms with Crippen LogP contribution in [0.15, 0.2) is 18.2 Å². The highest BCUT2D eigenvalue weighted by Crippen LogP contribution is 2.32. The highest BCUT2D eigenvalue weighted by Gasteiger charge is 2.36. The zero-order chi connectivity index (χ0) is 21.7. The summed E-state index contributed by atoms with van der Waals surface area (Å²) in [5.74, 6) is -2.61. The van der Waals surface area contributed by atoms with Crippen molar-refractivity contribution in [2.45, 2.75) is 103 Å². The Kier molecular flexibility index (Phi) is 11.9. The van der Waals surface area contributed by atoms with Crippen LogP contribution in [0.25, 0.3) is 0 Å². The number of carbonyl (C=O) groups is 1. The zero-order valence-electron chi connectivity index (χ0n) is 17.6. The van der Waals surface area contributed by atoms with E-state index in [-0.39, 0.29) is 0 Å². The Balaban J connectivity index is 2.36. The van der Waals surface area contributed by atoms with Crippen LogP contribution in [0.1, 0.15) is 107 Å². The van der Waals surface area contributed by atoms with E-state index < -0.39 is 35.2 Å². The SMILES string of the molecule is CCCCCCCCCCCCC(CC)OC(=O)c1cccc(C(F)(F)F)c1F. The minimum absolute atomic E-state index is 0.412. The van der Waals surface area contributed by atoms with Crippen molar-refractivity contribution >= 4 is 5.97 Å². The molecule has 0 heterocycles. The molecule has 6 heteroatoms. The summed E-state index contributed by atoms with van der Waals surface area (Å²) in [5, 5.41) is 0. The van der Waals surface area contributed by atoms with Crippen molar-refractivity contribution in [2.75, 3.05) is 0 Å². The first-order valence-corrected chi connectivity index (χ1v) is 10.9. The Bertz CT molecular complexity index is 599. The molecule has 0 bridgehead atoms. The average molecular weight is 419 g/mol. The van der Waals surface area contributed by atoms with Crippen molar-refractivity contribution in [1.82, 2.24) is 0 Å². The molecule has 1 aromatic carbocycles. The van der Waals surface area contributed by atoms with Crippen molar-refractivity contribution in [3.63, 3.8) is 0 Å². The summed E-state index contributed by atoms with van der Waals surface area (Å²) in [4.78, 5) is 12.2. The van der Waals surface area contributed by atoms with E-state index in [1.165, 1.54) is 44.9 Å². The third-order valence-electron chi connectivity index (χ3n) is 5.13. The van der Waals surface area contributed by atoms with Crippen LogP contribution in [0.5, 0.6) is 0 Å². The fourth-order valence-corrected chi connectivity index (χ4v) is 3.33. The van der Waals surface area contributed by atoms with Gasteiger partial charge < -0.3 is 4.74 Å². The number of carbonyl (C=O) groups excluding carboxylic acids is 1. The molecule has 0 fully saturated rings. The van der Waals surface area contributed by atoms with Crippen LogP contribution in [0.3, 0.4) is 0 Å². The summed E-state index contributed by atoms with van der Waals surface area (Å²) in [6.45, 7) is 4.05. The molecule has 0 saturated heterocycles. The van der Waals surface area contributed by atoms with E-state index in [9.17, 15) is 22.4 Å². The van der Waals surface area contributed by atoms with Crippen LogP contribution in [0, 0.1) is 5.82 Å². The van der Waals surface area contributed by atoms with Crippen LogP contribution in [-0.2, 0) is 10.9 Å². The monoisotopic (exact) mass is 418 g/mol. The lowest BCUT2D eigenvalue weighted by molar-refractivity contribution is -0.140. The quantitative estimate of drug-likeness (QED) is 0.173. The van der Waals surface area contributed by atoms with Gasteiger partial charge in [0.25, 0.3) is 0 Å². The minimum atomic E-state index is -4.85. The number of hydrogen-bond acceptors (Lipinski definition) is 2. The van der Waals surface area contributed by atoms with Gasteiger partial charge in [0.05, 0.1) is 11.1 Å². The molecule has 166 valence electrons. The van der Waals surface area contributed by atoms with Gasteiger partial charge in [-0.25, -0.2) is 9.18 Å². The normalized spacial score (nSPS) is 12.8. The Morgan fingerprint density at radius 3 is 2.00 bits per heavy atom. The molecule has 0 aliphatic heterocycles. The van der Waals surface area contributed by atoms with Gasteiger partial charge in [-0.05, 0) is 31.4 Å². The van der Waals surface area contributed by atoms with Crippen LogP contribution >= 0.6 is 0 Å². The molecule has 0 saturated carbocycles. The van der Waals surface area contributed by atoms with Crippen molar-refractivity contribution in [1.29, 1.82) is 0 Å². The lowest BCUT2D eigenvalue weighted by Crippen LogP contribution is -2.20. The summed E-state index contributed by atoms with van der Waals surface area (Å²) >= 11 is 0. The number of unbranched alkanes of at least 4 members (excludes halogenated alkanes) is 9. The standard InChI is InChI=1S/C23H34F4O2/c1-3-5-6-7-8-9-10-11-12-13-15-18(4-2)29-22(28)19-16-14-17-20(21(19)24)23(25,26)27/h14,16-18H,3-13,15H2,1-2H3. The maximum absolute atomic E-state index is 14.1. The molecule has 0 aliphatic rings. The lowest BCUT2D eigenvalue weighted by atomic mass is 10.0. The van der Waals surface area contributed by atoms with Crippen LogP contribution in [0.4, 0.5) is 17.6 Å². The number of ether oxygens (including phenoxy) is 1. The molecule has 1 unspecified atom stereocenters. The molecule has 0 N–H and O–H groups in total. The summed E-state index contributed by atoms with van der Waals surface area (Å²) in [7, 11) is 0. The van der Waals surface area contributed by atoms with Gasteiger partial charge in [-0.1, -0.05) is 77.7 Å². The Labute approximate surface area is 172 Å². The fraction of sp³-hybridized carbons (Fsp3) is 0.696. The van der Waals surface area contributed by atoms with Crippen molar-refractivity contribution in [3.8, 4) is 0 Å². The predicted molar refractivity (Wildman–Crippen MR) is 107 cm³/mol. The topological polar surface area (TPSA) is 26.3 Å². The summed E-state index contributed by atoms with van der Waals surface area (Å²) < 4.78 is 57.7. The van der Waals surface area contributed by atoms with E-state index in [4.69, 9.17) is 4.74 Å². The number of hydrogen-bond donors (Lipinski definition) is 0. The van der Waals surface area contributed by atoms with E-state index in [2.05, 4.69) is 6.92 Å². The molecular formula is C23H34F4O2. The third-order valence-corrected chi connectivity index (χ3v) is 5.13. The Morgan fingerprint density at radius 2 is 1.48 bits per heavy atom. The molecular weight excluding hydrogens is 384 g/mol. The molecule has 1 atom stereocenters. The molecule has 0 amide bonds. The smallest absolute Gasteiger partial charge is 0.419 e. The predicted octanol–water partition coefficient (Wildman–Crippen LogP) is 8.09. The average Bonchev–Trinajstić information content (AvgIpc) is 2.67. The van der Waals surface area contributed by atoms with Gasteiger partial charge in [0.1, 0.15) is 11.9 Å². The van der Waals surface area contributed by atoms with E-state index in [1.54, 1.807) is 0 Å². The van der Waals surface area contributed by atoms with Gasteiger partial charge in [0.15, 0.2) is 0 Å². The van der Waals surface area contributed by atoms with Gasteiger partial charge in [-0.3, -0.25) is 0 Å². The van der Waals surface area contributed by atoms with E-state index >= 15 is 0 Å². The second kappa shape index (κ2) is 13.6. The van der Waals surface area contributed by atoms with Gasteiger partial charge in [0, 0.05) is 0 Å². The van der Waals surface area contributed by atoms with Gasteiger partial charge in [-0.2, -0.15) is 13.2 Å².